The molecule has 1 fully saturated rings. The minimum Gasteiger partial charge on any atom is -0.338 e. The van der Waals surface area contributed by atoms with Gasteiger partial charge < -0.3 is 9.84 Å². The van der Waals surface area contributed by atoms with Gasteiger partial charge in [0, 0.05) is 0 Å². The number of aromatic nitrogens is 2. The van der Waals surface area contributed by atoms with Gasteiger partial charge in [0.05, 0.1) is 11.5 Å². The van der Waals surface area contributed by atoms with Crippen molar-refractivity contribution in [3.63, 3.8) is 0 Å². The smallest absolute Gasteiger partial charge is 0.243 e. The van der Waals surface area contributed by atoms with E-state index in [1.165, 1.54) is 12.0 Å². The fraction of sp³-hybridized carbons (Fsp3) is 0.500. The van der Waals surface area contributed by atoms with Crippen molar-refractivity contribution in [2.75, 3.05) is 6.54 Å². The van der Waals surface area contributed by atoms with Gasteiger partial charge in [-0.15, -0.1) is 0 Å². The molecular formula is C16H21N3O. The number of rotatable bonds is 5. The third-order valence-electron chi connectivity index (χ3n) is 4.28. The summed E-state index contributed by atoms with van der Waals surface area (Å²) in [7, 11) is 0. The van der Waals surface area contributed by atoms with Crippen molar-refractivity contribution in [3.8, 4) is 0 Å². The van der Waals surface area contributed by atoms with Gasteiger partial charge in [-0.2, -0.15) is 4.98 Å². The molecule has 4 heteroatoms. The van der Waals surface area contributed by atoms with Crippen LogP contribution < -0.4 is 5.32 Å². The summed E-state index contributed by atoms with van der Waals surface area (Å²) >= 11 is 0. The van der Waals surface area contributed by atoms with Crippen LogP contribution in [0.5, 0.6) is 0 Å². The van der Waals surface area contributed by atoms with Crippen LogP contribution in [-0.2, 0) is 5.41 Å². The molecule has 0 radical (unpaired) electrons. The van der Waals surface area contributed by atoms with E-state index >= 15 is 0 Å². The zero-order valence-corrected chi connectivity index (χ0v) is 12.1. The van der Waals surface area contributed by atoms with Gasteiger partial charge in [-0.3, -0.25) is 0 Å². The molecule has 3 rings (SSSR count). The maximum absolute atomic E-state index is 5.46. The molecule has 0 bridgehead atoms. The maximum Gasteiger partial charge on any atom is 0.243 e. The Morgan fingerprint density at radius 1 is 1.30 bits per heavy atom. The summed E-state index contributed by atoms with van der Waals surface area (Å²) < 4.78 is 5.46. The average Bonchev–Trinajstić information content (AvgIpc) is 2.89. The van der Waals surface area contributed by atoms with Crippen LogP contribution in [0.2, 0.25) is 0 Å². The maximum atomic E-state index is 5.46. The Balaban J connectivity index is 1.91. The fourth-order valence-electron chi connectivity index (χ4n) is 2.93. The molecule has 1 atom stereocenters. The molecule has 1 aromatic carbocycles. The number of nitrogens with zero attached hydrogens (tertiary/aromatic N) is 2. The third kappa shape index (κ3) is 2.14. The lowest BCUT2D eigenvalue weighted by molar-refractivity contribution is 0.269. The molecule has 1 aromatic heterocycles. The molecule has 0 aliphatic heterocycles. The summed E-state index contributed by atoms with van der Waals surface area (Å²) in [5, 5.41) is 7.57. The van der Waals surface area contributed by atoms with Gasteiger partial charge in [0.15, 0.2) is 5.82 Å². The predicted octanol–water partition coefficient (Wildman–Crippen LogP) is 3.21. The SMILES string of the molecule is CCNC(C)c1nc(C2(c3ccccc3)CCC2)no1. The van der Waals surface area contributed by atoms with Gasteiger partial charge >= 0.3 is 0 Å². The molecule has 1 heterocycles. The Morgan fingerprint density at radius 3 is 2.65 bits per heavy atom. The van der Waals surface area contributed by atoms with E-state index in [-0.39, 0.29) is 11.5 Å². The van der Waals surface area contributed by atoms with E-state index in [4.69, 9.17) is 4.52 Å². The highest BCUT2D eigenvalue weighted by molar-refractivity contribution is 5.35. The van der Waals surface area contributed by atoms with E-state index in [2.05, 4.69) is 53.6 Å². The van der Waals surface area contributed by atoms with Crippen LogP contribution in [0.15, 0.2) is 34.9 Å². The lowest BCUT2D eigenvalue weighted by Gasteiger charge is -2.39. The number of nitrogens with one attached hydrogen (secondary N) is 1. The van der Waals surface area contributed by atoms with Crippen LogP contribution in [0.25, 0.3) is 0 Å². The van der Waals surface area contributed by atoms with Crippen molar-refractivity contribution in [2.24, 2.45) is 0 Å². The van der Waals surface area contributed by atoms with E-state index in [0.717, 1.165) is 25.2 Å². The first-order valence-corrected chi connectivity index (χ1v) is 7.39. The quantitative estimate of drug-likeness (QED) is 0.907. The fourth-order valence-corrected chi connectivity index (χ4v) is 2.93. The minimum atomic E-state index is -0.0328. The van der Waals surface area contributed by atoms with Crippen molar-refractivity contribution in [3.05, 3.63) is 47.6 Å². The molecular weight excluding hydrogens is 250 g/mol. The molecule has 4 nitrogen and oxygen atoms in total. The summed E-state index contributed by atoms with van der Waals surface area (Å²) in [5.74, 6) is 1.53. The normalized spacial score (nSPS) is 18.5. The Labute approximate surface area is 119 Å². The van der Waals surface area contributed by atoms with Gasteiger partial charge in [0.2, 0.25) is 5.89 Å². The van der Waals surface area contributed by atoms with Gasteiger partial charge in [-0.05, 0) is 31.9 Å². The van der Waals surface area contributed by atoms with Crippen molar-refractivity contribution >= 4 is 0 Å². The van der Waals surface area contributed by atoms with Crippen molar-refractivity contribution in [1.29, 1.82) is 0 Å². The lowest BCUT2D eigenvalue weighted by Crippen LogP contribution is -2.36. The number of hydrogen-bond donors (Lipinski definition) is 1. The van der Waals surface area contributed by atoms with Crippen molar-refractivity contribution in [1.82, 2.24) is 15.5 Å². The van der Waals surface area contributed by atoms with Crippen LogP contribution in [0.4, 0.5) is 0 Å². The van der Waals surface area contributed by atoms with Gasteiger partial charge in [0.25, 0.3) is 0 Å². The third-order valence-corrected chi connectivity index (χ3v) is 4.28. The summed E-state index contributed by atoms with van der Waals surface area (Å²) in [6, 6.07) is 10.7. The first-order valence-electron chi connectivity index (χ1n) is 7.39. The monoisotopic (exact) mass is 271 g/mol. The van der Waals surface area contributed by atoms with Crippen molar-refractivity contribution < 1.29 is 4.52 Å². The van der Waals surface area contributed by atoms with E-state index in [1.54, 1.807) is 0 Å². The van der Waals surface area contributed by atoms with E-state index < -0.39 is 0 Å². The van der Waals surface area contributed by atoms with E-state index in [0.29, 0.717) is 5.89 Å². The highest BCUT2D eigenvalue weighted by atomic mass is 16.5. The van der Waals surface area contributed by atoms with E-state index in [1.807, 2.05) is 6.07 Å². The van der Waals surface area contributed by atoms with Gasteiger partial charge in [-0.25, -0.2) is 0 Å². The standard InChI is InChI=1S/C16H21N3O/c1-3-17-12(2)14-18-15(19-20-14)16(10-7-11-16)13-8-5-4-6-9-13/h4-6,8-9,12,17H,3,7,10-11H2,1-2H3. The van der Waals surface area contributed by atoms with Crippen LogP contribution >= 0.6 is 0 Å². The summed E-state index contributed by atoms with van der Waals surface area (Å²) in [6.07, 6.45) is 3.43. The lowest BCUT2D eigenvalue weighted by atomic mass is 9.64. The molecule has 106 valence electrons. The molecule has 0 saturated heterocycles. The number of benzene rings is 1. The molecule has 1 aliphatic carbocycles. The van der Waals surface area contributed by atoms with Crippen molar-refractivity contribution in [2.45, 2.75) is 44.6 Å². The first kappa shape index (κ1) is 13.3. The largest absolute Gasteiger partial charge is 0.338 e. The average molecular weight is 271 g/mol. The molecule has 1 unspecified atom stereocenters. The second kappa shape index (κ2) is 5.37. The Bertz CT molecular complexity index is 560. The molecule has 2 aromatic rings. The van der Waals surface area contributed by atoms with Crippen LogP contribution in [0.3, 0.4) is 0 Å². The predicted molar refractivity (Wildman–Crippen MR) is 77.5 cm³/mol. The summed E-state index contributed by atoms with van der Waals surface area (Å²) in [6.45, 7) is 5.02. The Hall–Kier alpha value is -1.68. The number of hydrogen-bond acceptors (Lipinski definition) is 4. The zero-order chi connectivity index (χ0) is 14.0. The topological polar surface area (TPSA) is 51.0 Å². The summed E-state index contributed by atoms with van der Waals surface area (Å²) in [5.41, 5.74) is 1.27. The van der Waals surface area contributed by atoms with Crippen LogP contribution in [-0.4, -0.2) is 16.7 Å². The molecule has 20 heavy (non-hydrogen) atoms. The molecule has 1 aliphatic rings. The molecule has 1 saturated carbocycles. The minimum absolute atomic E-state index is 0.0328. The second-order valence-electron chi connectivity index (χ2n) is 5.54. The molecule has 0 spiro atoms. The van der Waals surface area contributed by atoms with Gasteiger partial charge in [-0.1, -0.05) is 48.8 Å². The second-order valence-corrected chi connectivity index (χ2v) is 5.54. The van der Waals surface area contributed by atoms with Crippen LogP contribution in [0, 0.1) is 0 Å². The Morgan fingerprint density at radius 2 is 2.05 bits per heavy atom. The zero-order valence-electron chi connectivity index (χ0n) is 12.1. The first-order chi connectivity index (χ1) is 9.76. The van der Waals surface area contributed by atoms with E-state index in [9.17, 15) is 0 Å². The highest BCUT2D eigenvalue weighted by Gasteiger charge is 2.44. The van der Waals surface area contributed by atoms with Crippen LogP contribution in [0.1, 0.15) is 56.4 Å². The highest BCUT2D eigenvalue weighted by Crippen LogP contribution is 2.47. The summed E-state index contributed by atoms with van der Waals surface area (Å²) in [4.78, 5) is 4.66. The molecule has 0 amide bonds. The molecule has 1 N–H and O–H groups in total. The Kier molecular flexibility index (Phi) is 3.57. The van der Waals surface area contributed by atoms with Gasteiger partial charge in [0.1, 0.15) is 0 Å².